The maximum atomic E-state index is 8.44. The van der Waals surface area contributed by atoms with Crippen LogP contribution in [0.3, 0.4) is 0 Å². The van der Waals surface area contributed by atoms with Gasteiger partial charge in [0.05, 0.1) is 11.2 Å². The van der Waals surface area contributed by atoms with Gasteiger partial charge in [-0.1, -0.05) is 34.3 Å². The second-order valence-corrected chi connectivity index (χ2v) is 3.39. The molecule has 0 heterocycles. The molecule has 1 rings (SSSR count). The van der Waals surface area contributed by atoms with E-state index in [0.29, 0.717) is 21.4 Å². The average Bonchev–Trinajstić information content (AvgIpc) is 2.17. The molecule has 0 spiro atoms. The van der Waals surface area contributed by atoms with Crippen LogP contribution in [0.25, 0.3) is 0 Å². The maximum Gasteiger partial charge on any atom is 0.148 e. The van der Waals surface area contributed by atoms with Gasteiger partial charge in [-0.2, -0.15) is 0 Å². The number of benzene rings is 1. The van der Waals surface area contributed by atoms with Crippen LogP contribution in [0, 0.1) is 12.3 Å². The summed E-state index contributed by atoms with van der Waals surface area (Å²) >= 11 is 11.7. The van der Waals surface area contributed by atoms with Crippen LogP contribution in [-0.2, 0) is 0 Å². The number of oxime groups is 1. The molecule has 0 amide bonds. The molecule has 0 aliphatic carbocycles. The zero-order valence-electron chi connectivity index (χ0n) is 7.58. The lowest BCUT2D eigenvalue weighted by atomic mass is 10.2. The zero-order valence-corrected chi connectivity index (χ0v) is 9.09. The quantitative estimate of drug-likeness (QED) is 0.384. The third-order valence-electron chi connectivity index (χ3n) is 1.53. The van der Waals surface area contributed by atoms with E-state index in [4.69, 9.17) is 39.6 Å². The average molecular weight is 244 g/mol. The van der Waals surface area contributed by atoms with Gasteiger partial charge in [0.1, 0.15) is 12.4 Å². The lowest BCUT2D eigenvalue weighted by Gasteiger charge is -2.08. The van der Waals surface area contributed by atoms with Crippen LogP contribution in [0.5, 0.6) is 5.75 Å². The summed E-state index contributed by atoms with van der Waals surface area (Å²) in [6, 6.07) is 3.07. The van der Waals surface area contributed by atoms with E-state index in [1.54, 1.807) is 6.07 Å². The standard InChI is InChI=1S/C10H7Cl2NO2/c1-2-3-15-10-7(6-13-14)4-8(11)5-9(10)12/h1,4-6,14H,3H2/b13-6-. The van der Waals surface area contributed by atoms with Crippen LogP contribution >= 0.6 is 23.2 Å². The van der Waals surface area contributed by atoms with E-state index in [1.165, 1.54) is 12.3 Å². The smallest absolute Gasteiger partial charge is 0.148 e. The zero-order chi connectivity index (χ0) is 11.3. The molecule has 0 radical (unpaired) electrons. The van der Waals surface area contributed by atoms with Crippen molar-refractivity contribution in [3.63, 3.8) is 0 Å². The number of hydrogen-bond acceptors (Lipinski definition) is 3. The summed E-state index contributed by atoms with van der Waals surface area (Å²) in [5.74, 6) is 2.65. The van der Waals surface area contributed by atoms with E-state index in [0.717, 1.165) is 0 Å². The summed E-state index contributed by atoms with van der Waals surface area (Å²) in [5.41, 5.74) is 0.463. The van der Waals surface area contributed by atoms with Gasteiger partial charge < -0.3 is 9.94 Å². The van der Waals surface area contributed by atoms with Gasteiger partial charge in [0.15, 0.2) is 0 Å². The summed E-state index contributed by atoms with van der Waals surface area (Å²) in [6.07, 6.45) is 6.22. The molecule has 0 aromatic heterocycles. The Bertz CT molecular complexity index is 424. The minimum absolute atomic E-state index is 0.0770. The second-order valence-electron chi connectivity index (χ2n) is 2.54. The fraction of sp³-hybridized carbons (Fsp3) is 0.100. The van der Waals surface area contributed by atoms with Crippen molar-refractivity contribution in [1.29, 1.82) is 0 Å². The van der Waals surface area contributed by atoms with Gasteiger partial charge in [-0.25, -0.2) is 0 Å². The molecule has 0 aliphatic heterocycles. The Hall–Kier alpha value is -1.37. The molecule has 0 atom stereocenters. The van der Waals surface area contributed by atoms with E-state index in [-0.39, 0.29) is 6.61 Å². The van der Waals surface area contributed by atoms with E-state index in [1.807, 2.05) is 0 Å². The molecule has 78 valence electrons. The Morgan fingerprint density at radius 1 is 1.53 bits per heavy atom. The van der Waals surface area contributed by atoms with Crippen molar-refractivity contribution in [2.45, 2.75) is 0 Å². The number of nitrogens with zero attached hydrogens (tertiary/aromatic N) is 1. The minimum Gasteiger partial charge on any atom is -0.479 e. The Balaban J connectivity index is 3.15. The summed E-state index contributed by atoms with van der Waals surface area (Å²) < 4.78 is 5.20. The second kappa shape index (κ2) is 5.50. The highest BCUT2D eigenvalue weighted by Gasteiger charge is 2.09. The first-order valence-electron chi connectivity index (χ1n) is 3.91. The first-order valence-corrected chi connectivity index (χ1v) is 4.67. The molecule has 5 heteroatoms. The third kappa shape index (κ3) is 3.05. The Morgan fingerprint density at radius 3 is 2.87 bits per heavy atom. The van der Waals surface area contributed by atoms with Crippen molar-refractivity contribution in [2.24, 2.45) is 5.16 Å². The molecule has 3 nitrogen and oxygen atoms in total. The summed E-state index contributed by atoms with van der Waals surface area (Å²) in [6.45, 7) is 0.0770. The van der Waals surface area contributed by atoms with Crippen LogP contribution in [-0.4, -0.2) is 18.0 Å². The third-order valence-corrected chi connectivity index (χ3v) is 2.03. The van der Waals surface area contributed by atoms with E-state index >= 15 is 0 Å². The van der Waals surface area contributed by atoms with Crippen molar-refractivity contribution in [1.82, 2.24) is 0 Å². The molecule has 15 heavy (non-hydrogen) atoms. The molecule has 0 saturated carbocycles. The Morgan fingerprint density at radius 2 is 2.27 bits per heavy atom. The number of rotatable bonds is 3. The number of hydrogen-bond donors (Lipinski definition) is 1. The van der Waals surface area contributed by atoms with Gasteiger partial charge in [0.25, 0.3) is 0 Å². The number of terminal acetylenes is 1. The van der Waals surface area contributed by atoms with Crippen LogP contribution < -0.4 is 4.74 Å². The summed E-state index contributed by atoms with van der Waals surface area (Å²) in [5, 5.41) is 12.1. The molecule has 1 aromatic carbocycles. The van der Waals surface area contributed by atoms with Crippen molar-refractivity contribution in [2.75, 3.05) is 6.61 Å². The summed E-state index contributed by atoms with van der Waals surface area (Å²) in [7, 11) is 0. The molecular weight excluding hydrogens is 237 g/mol. The number of halogens is 2. The lowest BCUT2D eigenvalue weighted by Crippen LogP contribution is -1.98. The van der Waals surface area contributed by atoms with E-state index < -0.39 is 0 Å². The van der Waals surface area contributed by atoms with Crippen molar-refractivity contribution < 1.29 is 9.94 Å². The van der Waals surface area contributed by atoms with Crippen LogP contribution in [0.2, 0.25) is 10.0 Å². The molecule has 0 bridgehead atoms. The van der Waals surface area contributed by atoms with Crippen molar-refractivity contribution >= 4 is 29.4 Å². The normalized spacial score (nSPS) is 10.2. The monoisotopic (exact) mass is 243 g/mol. The van der Waals surface area contributed by atoms with E-state index in [2.05, 4.69) is 11.1 Å². The molecule has 0 saturated heterocycles. The SMILES string of the molecule is C#CCOc1c(Cl)cc(Cl)cc1/C=N\O. The van der Waals surface area contributed by atoms with Crippen molar-refractivity contribution in [3.8, 4) is 18.1 Å². The van der Waals surface area contributed by atoms with Gasteiger partial charge in [0.2, 0.25) is 0 Å². The molecule has 0 unspecified atom stereocenters. The fourth-order valence-electron chi connectivity index (χ4n) is 1.00. The minimum atomic E-state index is 0.0770. The Labute approximate surface area is 97.3 Å². The van der Waals surface area contributed by atoms with Gasteiger partial charge >= 0.3 is 0 Å². The lowest BCUT2D eigenvalue weighted by molar-refractivity contribution is 0.321. The predicted molar refractivity (Wildman–Crippen MR) is 60.2 cm³/mol. The number of ether oxygens (including phenoxy) is 1. The molecule has 1 aromatic rings. The van der Waals surface area contributed by atoms with Crippen LogP contribution in [0.4, 0.5) is 0 Å². The van der Waals surface area contributed by atoms with Gasteiger partial charge in [-0.05, 0) is 12.1 Å². The van der Waals surface area contributed by atoms with Gasteiger partial charge in [-0.15, -0.1) is 6.42 Å². The first-order chi connectivity index (χ1) is 7.19. The maximum absolute atomic E-state index is 8.44. The van der Waals surface area contributed by atoms with Crippen LogP contribution in [0.15, 0.2) is 17.3 Å². The topological polar surface area (TPSA) is 41.8 Å². The van der Waals surface area contributed by atoms with E-state index in [9.17, 15) is 0 Å². The molecule has 0 fully saturated rings. The van der Waals surface area contributed by atoms with Gasteiger partial charge in [-0.3, -0.25) is 0 Å². The van der Waals surface area contributed by atoms with Crippen LogP contribution in [0.1, 0.15) is 5.56 Å². The fourth-order valence-corrected chi connectivity index (χ4v) is 1.57. The largest absolute Gasteiger partial charge is 0.479 e. The highest BCUT2D eigenvalue weighted by Crippen LogP contribution is 2.31. The van der Waals surface area contributed by atoms with Gasteiger partial charge in [0, 0.05) is 10.6 Å². The highest BCUT2D eigenvalue weighted by molar-refractivity contribution is 6.36. The predicted octanol–water partition coefficient (Wildman–Crippen LogP) is 2.81. The summed E-state index contributed by atoms with van der Waals surface area (Å²) in [4.78, 5) is 0. The molecule has 1 N–H and O–H groups in total. The van der Waals surface area contributed by atoms with Crippen molar-refractivity contribution in [3.05, 3.63) is 27.7 Å². The highest BCUT2D eigenvalue weighted by atomic mass is 35.5. The first kappa shape index (κ1) is 11.7. The molecular formula is C10H7Cl2NO2. The molecule has 0 aliphatic rings. The Kier molecular flexibility index (Phi) is 4.29.